The molecule has 34 heavy (non-hydrogen) atoms. The maximum atomic E-state index is 13.9. The van der Waals surface area contributed by atoms with Crippen LogP contribution in [0.2, 0.25) is 0 Å². The molecule has 0 saturated heterocycles. The van der Waals surface area contributed by atoms with Crippen LogP contribution in [0.3, 0.4) is 0 Å². The van der Waals surface area contributed by atoms with Crippen LogP contribution in [0, 0.1) is 17.2 Å². The third-order valence-electron chi connectivity index (χ3n) is 5.07. The van der Waals surface area contributed by atoms with E-state index in [0.29, 0.717) is 11.1 Å². The highest BCUT2D eigenvalue weighted by molar-refractivity contribution is 7.89. The molecule has 2 rings (SSSR count). The number of carbonyl (C=O) groups excluding carboxylic acids is 1. The standard InChI is InChI=1S/C23H27F3N4O3S/c1-15(2)14-20(22(31)29-13-12-27)30-21(23(24,25)26)18-6-4-16(5-7-18)17-8-10-19(11-9-17)34(32,33)28-3/h4-11,15,20-21,28,30H,13-14H2,1-3H3,(H,29,31)/t20-,21?/m1/s1. The molecule has 0 radical (unpaired) electrons. The smallest absolute Gasteiger partial charge is 0.342 e. The molecule has 0 aromatic heterocycles. The number of carbonyl (C=O) groups is 1. The van der Waals surface area contributed by atoms with Crippen LogP contribution in [-0.2, 0) is 14.8 Å². The second-order valence-corrected chi connectivity index (χ2v) is 9.94. The Kier molecular flexibility index (Phi) is 9.21. The number of nitrogens with zero attached hydrogens (tertiary/aromatic N) is 1. The molecule has 2 aromatic rings. The van der Waals surface area contributed by atoms with E-state index >= 15 is 0 Å². The molecule has 0 aliphatic rings. The van der Waals surface area contributed by atoms with Gasteiger partial charge in [-0.1, -0.05) is 50.2 Å². The Bertz CT molecular complexity index is 1110. The van der Waals surface area contributed by atoms with Gasteiger partial charge in [0.15, 0.2) is 0 Å². The molecular formula is C23H27F3N4O3S. The number of hydrogen-bond acceptors (Lipinski definition) is 5. The Balaban J connectivity index is 2.31. The molecule has 0 saturated carbocycles. The summed E-state index contributed by atoms with van der Waals surface area (Å²) in [4.78, 5) is 12.4. The van der Waals surface area contributed by atoms with E-state index in [0.717, 1.165) is 0 Å². The van der Waals surface area contributed by atoms with Crippen LogP contribution in [0.25, 0.3) is 11.1 Å². The summed E-state index contributed by atoms with van der Waals surface area (Å²) < 4.78 is 67.7. The first kappa shape index (κ1) is 27.3. The quantitative estimate of drug-likeness (QED) is 0.436. The molecule has 0 aliphatic heterocycles. The van der Waals surface area contributed by atoms with Crippen molar-refractivity contribution in [2.75, 3.05) is 13.6 Å². The number of alkyl halides is 3. The molecular weight excluding hydrogens is 469 g/mol. The molecule has 3 N–H and O–H groups in total. The molecule has 1 amide bonds. The molecule has 1 unspecified atom stereocenters. The van der Waals surface area contributed by atoms with Gasteiger partial charge < -0.3 is 5.32 Å². The van der Waals surface area contributed by atoms with Crippen LogP contribution in [0.5, 0.6) is 0 Å². The highest BCUT2D eigenvalue weighted by Gasteiger charge is 2.42. The Morgan fingerprint density at radius 3 is 2.00 bits per heavy atom. The van der Waals surface area contributed by atoms with E-state index in [1.807, 2.05) is 0 Å². The summed E-state index contributed by atoms with van der Waals surface area (Å²) in [6.07, 6.45) is -4.51. The first-order valence-electron chi connectivity index (χ1n) is 10.5. The fraction of sp³-hybridized carbons (Fsp3) is 0.391. The number of amides is 1. The van der Waals surface area contributed by atoms with Gasteiger partial charge in [0.1, 0.15) is 12.6 Å². The predicted octanol–water partition coefficient (Wildman–Crippen LogP) is 3.51. The molecule has 0 bridgehead atoms. The second-order valence-electron chi connectivity index (χ2n) is 8.05. The number of nitriles is 1. The lowest BCUT2D eigenvalue weighted by Gasteiger charge is -2.28. The molecule has 0 heterocycles. The molecule has 7 nitrogen and oxygen atoms in total. The third-order valence-corrected chi connectivity index (χ3v) is 6.50. The lowest BCUT2D eigenvalue weighted by molar-refractivity contribution is -0.161. The van der Waals surface area contributed by atoms with Crippen LogP contribution >= 0.6 is 0 Å². The number of rotatable bonds is 10. The van der Waals surface area contributed by atoms with Gasteiger partial charge in [0.2, 0.25) is 15.9 Å². The van der Waals surface area contributed by atoms with Gasteiger partial charge in [-0.15, -0.1) is 0 Å². The predicted molar refractivity (Wildman–Crippen MR) is 122 cm³/mol. The Labute approximate surface area is 197 Å². The number of sulfonamides is 1. The summed E-state index contributed by atoms with van der Waals surface area (Å²) in [7, 11) is -2.30. The summed E-state index contributed by atoms with van der Waals surface area (Å²) in [6.45, 7) is 3.28. The van der Waals surface area contributed by atoms with Gasteiger partial charge in [-0.05, 0) is 48.2 Å². The molecule has 0 spiro atoms. The third kappa shape index (κ3) is 7.28. The lowest BCUT2D eigenvalue weighted by Crippen LogP contribution is -2.49. The lowest BCUT2D eigenvalue weighted by atomic mass is 9.97. The monoisotopic (exact) mass is 496 g/mol. The van der Waals surface area contributed by atoms with E-state index in [-0.39, 0.29) is 29.3 Å². The van der Waals surface area contributed by atoms with Crippen molar-refractivity contribution in [3.05, 3.63) is 54.1 Å². The van der Waals surface area contributed by atoms with E-state index in [1.54, 1.807) is 32.0 Å². The summed E-state index contributed by atoms with van der Waals surface area (Å²) >= 11 is 0. The summed E-state index contributed by atoms with van der Waals surface area (Å²) in [5.41, 5.74) is 1.16. The van der Waals surface area contributed by atoms with Gasteiger partial charge in [0.05, 0.1) is 17.0 Å². The molecule has 2 atom stereocenters. The van der Waals surface area contributed by atoms with Crippen molar-refractivity contribution in [1.82, 2.24) is 15.4 Å². The van der Waals surface area contributed by atoms with E-state index in [1.165, 1.54) is 43.4 Å². The number of nitrogens with one attached hydrogen (secondary N) is 3. The highest BCUT2D eigenvalue weighted by Crippen LogP contribution is 2.34. The van der Waals surface area contributed by atoms with Crippen LogP contribution in [-0.4, -0.2) is 40.1 Å². The van der Waals surface area contributed by atoms with Crippen LogP contribution in [0.15, 0.2) is 53.4 Å². The van der Waals surface area contributed by atoms with E-state index in [2.05, 4.69) is 15.4 Å². The minimum absolute atomic E-state index is 0.0590. The van der Waals surface area contributed by atoms with Gasteiger partial charge in [-0.3, -0.25) is 10.1 Å². The SMILES string of the molecule is CNS(=O)(=O)c1ccc(-c2ccc(C(N[C@H](CC(C)C)C(=O)NCC#N)C(F)(F)F)cc2)cc1. The fourth-order valence-electron chi connectivity index (χ4n) is 3.37. The van der Waals surface area contributed by atoms with Crippen molar-refractivity contribution < 1.29 is 26.4 Å². The average Bonchev–Trinajstić information content (AvgIpc) is 2.79. The van der Waals surface area contributed by atoms with E-state index in [9.17, 15) is 26.4 Å². The summed E-state index contributed by atoms with van der Waals surface area (Å²) in [5, 5.41) is 13.4. The number of halogens is 3. The maximum Gasteiger partial charge on any atom is 0.407 e. The Morgan fingerprint density at radius 2 is 1.56 bits per heavy atom. The first-order valence-corrected chi connectivity index (χ1v) is 12.0. The molecule has 2 aromatic carbocycles. The number of hydrogen-bond donors (Lipinski definition) is 3. The normalized spacial score (nSPS) is 13.8. The summed E-state index contributed by atoms with van der Waals surface area (Å²) in [6, 6.07) is 10.1. The van der Waals surface area contributed by atoms with Crippen molar-refractivity contribution in [3.63, 3.8) is 0 Å². The molecule has 0 aliphatic carbocycles. The van der Waals surface area contributed by atoms with Crippen LogP contribution < -0.4 is 15.4 Å². The van der Waals surface area contributed by atoms with Gasteiger partial charge in [-0.2, -0.15) is 18.4 Å². The molecule has 0 fully saturated rings. The zero-order valence-electron chi connectivity index (χ0n) is 19.0. The van der Waals surface area contributed by atoms with Crippen LogP contribution in [0.1, 0.15) is 31.9 Å². The Hall–Kier alpha value is -2.94. The topological polar surface area (TPSA) is 111 Å². The van der Waals surface area contributed by atoms with Gasteiger partial charge >= 0.3 is 6.18 Å². The van der Waals surface area contributed by atoms with E-state index in [4.69, 9.17) is 5.26 Å². The van der Waals surface area contributed by atoms with Gasteiger partial charge in [-0.25, -0.2) is 13.1 Å². The van der Waals surface area contributed by atoms with Crippen LogP contribution in [0.4, 0.5) is 13.2 Å². The van der Waals surface area contributed by atoms with Gasteiger partial charge in [0.25, 0.3) is 0 Å². The largest absolute Gasteiger partial charge is 0.407 e. The first-order chi connectivity index (χ1) is 15.9. The fourth-order valence-corrected chi connectivity index (χ4v) is 4.10. The Morgan fingerprint density at radius 1 is 1.03 bits per heavy atom. The van der Waals surface area contributed by atoms with Gasteiger partial charge in [0, 0.05) is 0 Å². The van der Waals surface area contributed by atoms with Crippen molar-refractivity contribution in [1.29, 1.82) is 5.26 Å². The zero-order valence-corrected chi connectivity index (χ0v) is 19.8. The molecule has 11 heteroatoms. The second kappa shape index (κ2) is 11.5. The maximum absolute atomic E-state index is 13.9. The van der Waals surface area contributed by atoms with E-state index < -0.39 is 34.2 Å². The highest BCUT2D eigenvalue weighted by atomic mass is 32.2. The summed E-state index contributed by atoms with van der Waals surface area (Å²) in [5.74, 6) is -0.728. The van der Waals surface area contributed by atoms with Crippen molar-refractivity contribution in [3.8, 4) is 17.2 Å². The minimum atomic E-state index is -4.67. The van der Waals surface area contributed by atoms with Crippen molar-refractivity contribution in [2.45, 2.75) is 43.4 Å². The minimum Gasteiger partial charge on any atom is -0.342 e. The zero-order chi connectivity index (χ0) is 25.5. The van der Waals surface area contributed by atoms with Crippen molar-refractivity contribution in [2.24, 2.45) is 5.92 Å². The average molecular weight is 497 g/mol. The molecule has 184 valence electrons. The number of benzene rings is 2. The van der Waals surface area contributed by atoms with Crippen molar-refractivity contribution >= 4 is 15.9 Å².